The van der Waals surface area contributed by atoms with Crippen LogP contribution in [0.3, 0.4) is 0 Å². The maximum absolute atomic E-state index is 13.4. The van der Waals surface area contributed by atoms with Crippen molar-refractivity contribution >= 4 is 18.0 Å². The molecule has 0 spiro atoms. The number of fused-ring (bicyclic) bond motifs is 3. The number of likely N-dealkylation sites (N-methyl/N-ethyl adjacent to an activating group) is 1. The number of nitrogens with zero attached hydrogens (tertiary/aromatic N) is 1. The van der Waals surface area contributed by atoms with Gasteiger partial charge in [-0.3, -0.25) is 9.59 Å². The van der Waals surface area contributed by atoms with Crippen LogP contribution in [0.4, 0.5) is 4.79 Å². The number of carboxylic acids is 1. The van der Waals surface area contributed by atoms with E-state index < -0.39 is 23.5 Å². The van der Waals surface area contributed by atoms with Crippen molar-refractivity contribution < 1.29 is 24.2 Å². The van der Waals surface area contributed by atoms with Gasteiger partial charge in [0.1, 0.15) is 12.1 Å². The Bertz CT molecular complexity index is 1030. The molecule has 34 heavy (non-hydrogen) atoms. The lowest BCUT2D eigenvalue weighted by atomic mass is 9.80. The molecule has 1 unspecified atom stereocenters. The molecule has 0 aromatic heterocycles. The molecule has 0 radical (unpaired) electrons. The second-order valence-corrected chi connectivity index (χ2v) is 9.52. The van der Waals surface area contributed by atoms with Gasteiger partial charge in [-0.05, 0) is 35.1 Å². The number of benzene rings is 2. The average Bonchev–Trinajstić information content (AvgIpc) is 3.16. The van der Waals surface area contributed by atoms with Crippen molar-refractivity contribution in [1.82, 2.24) is 10.2 Å². The van der Waals surface area contributed by atoms with E-state index in [1.165, 1.54) is 4.90 Å². The van der Waals surface area contributed by atoms with Crippen molar-refractivity contribution in [2.45, 2.75) is 50.5 Å². The van der Waals surface area contributed by atoms with Gasteiger partial charge in [-0.25, -0.2) is 4.79 Å². The molecule has 2 amide bonds. The Labute approximate surface area is 200 Å². The predicted octanol–water partition coefficient (Wildman–Crippen LogP) is 4.41. The monoisotopic (exact) mass is 464 g/mol. The molecule has 2 N–H and O–H groups in total. The molecule has 7 nitrogen and oxygen atoms in total. The highest BCUT2D eigenvalue weighted by Gasteiger charge is 2.43. The summed E-state index contributed by atoms with van der Waals surface area (Å²) in [4.78, 5) is 39.0. The number of nitrogens with one attached hydrogen (secondary N) is 1. The maximum atomic E-state index is 13.4. The third kappa shape index (κ3) is 4.65. The summed E-state index contributed by atoms with van der Waals surface area (Å²) in [6, 6.07) is 16.3. The van der Waals surface area contributed by atoms with E-state index in [0.29, 0.717) is 12.8 Å². The van der Waals surface area contributed by atoms with Gasteiger partial charge in [-0.2, -0.15) is 0 Å². The Morgan fingerprint density at radius 2 is 1.59 bits per heavy atom. The molecule has 4 rings (SSSR count). The molecule has 2 aliphatic carbocycles. The highest BCUT2D eigenvalue weighted by molar-refractivity contribution is 5.90. The van der Waals surface area contributed by atoms with Crippen molar-refractivity contribution in [3.05, 3.63) is 59.7 Å². The van der Waals surface area contributed by atoms with E-state index in [1.54, 1.807) is 14.0 Å². The van der Waals surface area contributed by atoms with E-state index in [0.717, 1.165) is 41.5 Å². The summed E-state index contributed by atoms with van der Waals surface area (Å²) < 4.78 is 5.70. The highest BCUT2D eigenvalue weighted by Crippen LogP contribution is 2.44. The molecule has 2 aliphatic rings. The fraction of sp³-hybridized carbons (Fsp3) is 0.444. The van der Waals surface area contributed by atoms with E-state index >= 15 is 0 Å². The first-order valence-electron chi connectivity index (χ1n) is 11.9. The number of aliphatic carboxylic acids is 1. The Morgan fingerprint density at radius 3 is 2.15 bits per heavy atom. The van der Waals surface area contributed by atoms with Gasteiger partial charge in [0.25, 0.3) is 0 Å². The lowest BCUT2D eigenvalue weighted by Gasteiger charge is -2.39. The fourth-order valence-electron chi connectivity index (χ4n) is 5.31. The number of hydrogen-bond donors (Lipinski definition) is 2. The third-order valence-electron chi connectivity index (χ3n) is 7.12. The summed E-state index contributed by atoms with van der Waals surface area (Å²) in [5.74, 6) is -1.96. The number of amides is 2. The van der Waals surface area contributed by atoms with Crippen LogP contribution >= 0.6 is 0 Å². The Kier molecular flexibility index (Phi) is 6.91. The van der Waals surface area contributed by atoms with Crippen LogP contribution in [0, 0.1) is 5.92 Å². The van der Waals surface area contributed by atoms with Crippen LogP contribution in [0.2, 0.25) is 0 Å². The molecule has 2 aromatic rings. The van der Waals surface area contributed by atoms with Gasteiger partial charge in [0.15, 0.2) is 0 Å². The van der Waals surface area contributed by atoms with Crippen LogP contribution < -0.4 is 5.32 Å². The second kappa shape index (κ2) is 9.87. The van der Waals surface area contributed by atoms with Crippen LogP contribution in [-0.4, -0.2) is 53.7 Å². The average molecular weight is 465 g/mol. The molecule has 1 saturated carbocycles. The molecule has 0 aliphatic heterocycles. The normalized spacial score (nSPS) is 17.2. The fourth-order valence-corrected chi connectivity index (χ4v) is 5.31. The predicted molar refractivity (Wildman–Crippen MR) is 128 cm³/mol. The maximum Gasteiger partial charge on any atom is 0.408 e. The standard InChI is InChI=1S/C27H32N2O5/c1-18(24(30)31)16-29(2)25(32)27(14-8-3-9-15-27)28-26(33)34-17-23-21-12-6-4-10-19(21)20-11-5-7-13-22(20)23/h4-7,10-13,18,23H,3,8-9,14-17H2,1-2H3,(H,28,33)(H,30,31). The van der Waals surface area contributed by atoms with Crippen molar-refractivity contribution in [1.29, 1.82) is 0 Å². The van der Waals surface area contributed by atoms with Crippen molar-refractivity contribution in [2.75, 3.05) is 20.2 Å². The van der Waals surface area contributed by atoms with E-state index in [-0.39, 0.29) is 25.0 Å². The van der Waals surface area contributed by atoms with Gasteiger partial charge in [0.05, 0.1) is 5.92 Å². The summed E-state index contributed by atoms with van der Waals surface area (Å²) in [7, 11) is 1.59. The first-order valence-corrected chi connectivity index (χ1v) is 11.9. The summed E-state index contributed by atoms with van der Waals surface area (Å²) >= 11 is 0. The SMILES string of the molecule is CC(CN(C)C(=O)C1(NC(=O)OCC2c3ccccc3-c3ccccc32)CCCCC1)C(=O)O. The molecule has 0 saturated heterocycles. The third-order valence-corrected chi connectivity index (χ3v) is 7.12. The van der Waals surface area contributed by atoms with Gasteiger partial charge in [-0.1, -0.05) is 74.7 Å². The largest absolute Gasteiger partial charge is 0.481 e. The highest BCUT2D eigenvalue weighted by atomic mass is 16.5. The first-order chi connectivity index (χ1) is 16.3. The lowest BCUT2D eigenvalue weighted by molar-refractivity contribution is -0.144. The minimum atomic E-state index is -1.06. The van der Waals surface area contributed by atoms with Gasteiger partial charge in [0.2, 0.25) is 5.91 Å². The van der Waals surface area contributed by atoms with Crippen molar-refractivity contribution in [2.24, 2.45) is 5.92 Å². The Hall–Kier alpha value is -3.35. The molecule has 2 aromatic carbocycles. The van der Waals surface area contributed by atoms with E-state index in [9.17, 15) is 19.5 Å². The van der Waals surface area contributed by atoms with Gasteiger partial charge in [-0.15, -0.1) is 0 Å². The zero-order valence-corrected chi connectivity index (χ0v) is 19.8. The van der Waals surface area contributed by atoms with Crippen molar-refractivity contribution in [3.8, 4) is 11.1 Å². The molecule has 7 heteroatoms. The zero-order chi connectivity index (χ0) is 24.3. The summed E-state index contributed by atoms with van der Waals surface area (Å²) in [5, 5.41) is 12.1. The van der Waals surface area contributed by atoms with Gasteiger partial charge >= 0.3 is 12.1 Å². The molecule has 1 atom stereocenters. The molecule has 0 heterocycles. The first kappa shape index (κ1) is 23.8. The molecular weight excluding hydrogens is 432 g/mol. The van der Waals surface area contributed by atoms with E-state index in [1.807, 2.05) is 24.3 Å². The number of hydrogen-bond acceptors (Lipinski definition) is 4. The smallest absolute Gasteiger partial charge is 0.408 e. The summed E-state index contributed by atoms with van der Waals surface area (Å²) in [6.07, 6.45) is 3.05. The summed E-state index contributed by atoms with van der Waals surface area (Å²) in [5.41, 5.74) is 3.50. The minimum absolute atomic E-state index is 0.0600. The van der Waals surface area contributed by atoms with E-state index in [4.69, 9.17) is 4.74 Å². The van der Waals surface area contributed by atoms with Crippen LogP contribution in [0.25, 0.3) is 11.1 Å². The Balaban J connectivity index is 1.46. The molecular formula is C27H32N2O5. The number of carbonyl (C=O) groups is 3. The molecule has 180 valence electrons. The summed E-state index contributed by atoms with van der Waals surface area (Å²) in [6.45, 7) is 1.83. The van der Waals surface area contributed by atoms with Gasteiger partial charge in [0, 0.05) is 19.5 Å². The van der Waals surface area contributed by atoms with Crippen LogP contribution in [-0.2, 0) is 14.3 Å². The number of carbonyl (C=O) groups excluding carboxylic acids is 2. The quantitative estimate of drug-likeness (QED) is 0.633. The van der Waals surface area contributed by atoms with Crippen molar-refractivity contribution in [3.63, 3.8) is 0 Å². The van der Waals surface area contributed by atoms with Crippen LogP contribution in [0.5, 0.6) is 0 Å². The van der Waals surface area contributed by atoms with Crippen LogP contribution in [0.1, 0.15) is 56.1 Å². The topological polar surface area (TPSA) is 95.9 Å². The number of rotatable bonds is 7. The second-order valence-electron chi connectivity index (χ2n) is 9.52. The van der Waals surface area contributed by atoms with Gasteiger partial charge < -0.3 is 20.1 Å². The number of alkyl carbamates (subject to hydrolysis) is 1. The van der Waals surface area contributed by atoms with E-state index in [2.05, 4.69) is 29.6 Å². The number of ether oxygens (including phenoxy) is 1. The zero-order valence-electron chi connectivity index (χ0n) is 19.8. The lowest BCUT2D eigenvalue weighted by Crippen LogP contribution is -2.60. The molecule has 0 bridgehead atoms. The minimum Gasteiger partial charge on any atom is -0.481 e. The number of carboxylic acid groups (broad SMARTS) is 1. The van der Waals surface area contributed by atoms with Crippen LogP contribution in [0.15, 0.2) is 48.5 Å². The molecule has 1 fully saturated rings. The Morgan fingerprint density at radius 1 is 1.03 bits per heavy atom.